The van der Waals surface area contributed by atoms with Crippen LogP contribution in [-0.4, -0.2) is 60.9 Å². The Bertz CT molecular complexity index is 292. The zero-order valence-electron chi connectivity index (χ0n) is 11.8. The molecule has 1 aliphatic heterocycles. The molecule has 2 aliphatic rings. The fraction of sp³-hybridized carbons (Fsp3) is 0.929. The van der Waals surface area contributed by atoms with Crippen LogP contribution in [0.3, 0.4) is 0 Å². The van der Waals surface area contributed by atoms with Gasteiger partial charge in [0.2, 0.25) is 5.91 Å². The molecule has 0 radical (unpaired) electrons. The van der Waals surface area contributed by atoms with E-state index in [1.54, 1.807) is 0 Å². The van der Waals surface area contributed by atoms with Crippen molar-refractivity contribution >= 4 is 5.91 Å². The lowest BCUT2D eigenvalue weighted by molar-refractivity contribution is -0.123. The largest absolute Gasteiger partial charge is 0.391 e. The number of carbonyl (C=O) groups is 1. The van der Waals surface area contributed by atoms with Crippen molar-refractivity contribution < 1.29 is 14.6 Å². The number of ether oxygens (including phenoxy) is 1. The maximum atomic E-state index is 11.9. The summed E-state index contributed by atoms with van der Waals surface area (Å²) in [6.07, 6.45) is 6.11. The van der Waals surface area contributed by atoms with Gasteiger partial charge >= 0.3 is 0 Å². The minimum Gasteiger partial charge on any atom is -0.391 e. The fourth-order valence-corrected chi connectivity index (χ4v) is 3.04. The zero-order valence-corrected chi connectivity index (χ0v) is 11.8. The molecule has 2 fully saturated rings. The molecule has 5 nitrogen and oxygen atoms in total. The van der Waals surface area contributed by atoms with Gasteiger partial charge in [-0.1, -0.05) is 12.8 Å². The average molecular weight is 270 g/mol. The summed E-state index contributed by atoms with van der Waals surface area (Å²) in [6.45, 7) is 1.78. The predicted molar refractivity (Wildman–Crippen MR) is 72.9 cm³/mol. The van der Waals surface area contributed by atoms with Gasteiger partial charge in [-0.3, -0.25) is 9.69 Å². The second-order valence-electron chi connectivity index (χ2n) is 5.77. The summed E-state index contributed by atoms with van der Waals surface area (Å²) < 4.78 is 5.47. The number of aliphatic hydroxyl groups excluding tert-OH is 1. The van der Waals surface area contributed by atoms with Crippen molar-refractivity contribution in [1.82, 2.24) is 10.2 Å². The highest BCUT2D eigenvalue weighted by Gasteiger charge is 2.27. The van der Waals surface area contributed by atoms with Crippen molar-refractivity contribution in [2.24, 2.45) is 0 Å². The third kappa shape index (κ3) is 4.44. The van der Waals surface area contributed by atoms with E-state index < -0.39 is 0 Å². The van der Waals surface area contributed by atoms with Crippen molar-refractivity contribution in [3.05, 3.63) is 0 Å². The minimum atomic E-state index is -0.287. The van der Waals surface area contributed by atoms with E-state index in [0.717, 1.165) is 45.1 Å². The number of nitrogens with zero attached hydrogens (tertiary/aromatic N) is 1. The summed E-state index contributed by atoms with van der Waals surface area (Å²) in [5, 5.41) is 12.9. The molecule has 0 aromatic carbocycles. The Hall–Kier alpha value is -0.650. The molecule has 1 aliphatic carbocycles. The van der Waals surface area contributed by atoms with E-state index >= 15 is 0 Å². The van der Waals surface area contributed by atoms with E-state index in [1.165, 1.54) is 0 Å². The molecule has 1 amide bonds. The number of likely N-dealkylation sites (N-methyl/N-ethyl adjacent to an activating group) is 1. The van der Waals surface area contributed by atoms with Gasteiger partial charge in [-0.2, -0.15) is 0 Å². The van der Waals surface area contributed by atoms with Crippen LogP contribution in [0.15, 0.2) is 0 Å². The molecule has 5 heteroatoms. The molecule has 2 rings (SSSR count). The third-order valence-corrected chi connectivity index (χ3v) is 4.20. The first kappa shape index (κ1) is 14.8. The summed E-state index contributed by atoms with van der Waals surface area (Å²) in [7, 11) is 1.92. The average Bonchev–Trinajstić information content (AvgIpc) is 2.90. The lowest BCUT2D eigenvalue weighted by atomic mass is 9.91. The topological polar surface area (TPSA) is 61.8 Å². The van der Waals surface area contributed by atoms with Crippen molar-refractivity contribution in [3.8, 4) is 0 Å². The van der Waals surface area contributed by atoms with Crippen LogP contribution < -0.4 is 5.32 Å². The van der Waals surface area contributed by atoms with Crippen molar-refractivity contribution in [3.63, 3.8) is 0 Å². The standard InChI is InChI=1S/C14H26N2O3/c1-16(12-6-2-3-7-13(12)17)10-14(18)15-9-11-5-4-8-19-11/h11-13,17H,2-10H2,1H3,(H,15,18). The summed E-state index contributed by atoms with van der Waals surface area (Å²) >= 11 is 0. The highest BCUT2D eigenvalue weighted by molar-refractivity contribution is 5.78. The smallest absolute Gasteiger partial charge is 0.234 e. The van der Waals surface area contributed by atoms with Crippen LogP contribution in [0, 0.1) is 0 Å². The summed E-state index contributed by atoms with van der Waals surface area (Å²) in [5.41, 5.74) is 0. The van der Waals surface area contributed by atoms with Gasteiger partial charge in [-0.25, -0.2) is 0 Å². The molecule has 3 unspecified atom stereocenters. The molecule has 3 atom stereocenters. The van der Waals surface area contributed by atoms with Gasteiger partial charge in [0.15, 0.2) is 0 Å². The van der Waals surface area contributed by atoms with E-state index in [9.17, 15) is 9.90 Å². The molecular formula is C14H26N2O3. The zero-order chi connectivity index (χ0) is 13.7. The van der Waals surface area contributed by atoms with Crippen molar-refractivity contribution in [2.75, 3.05) is 26.7 Å². The summed E-state index contributed by atoms with van der Waals surface area (Å²) in [6, 6.07) is 0.127. The Morgan fingerprint density at radius 1 is 1.32 bits per heavy atom. The van der Waals surface area contributed by atoms with Gasteiger partial charge in [0, 0.05) is 19.2 Å². The molecule has 1 heterocycles. The summed E-state index contributed by atoms with van der Waals surface area (Å²) in [5.74, 6) is 0.0239. The van der Waals surface area contributed by atoms with Crippen LogP contribution in [0.2, 0.25) is 0 Å². The Balaban J connectivity index is 1.68. The Morgan fingerprint density at radius 3 is 2.79 bits per heavy atom. The maximum absolute atomic E-state index is 11.9. The van der Waals surface area contributed by atoms with Gasteiger partial charge < -0.3 is 15.2 Å². The monoisotopic (exact) mass is 270 g/mol. The maximum Gasteiger partial charge on any atom is 0.234 e. The number of amides is 1. The molecule has 1 saturated carbocycles. The van der Waals surface area contributed by atoms with Gasteiger partial charge in [0.05, 0.1) is 18.8 Å². The first-order chi connectivity index (χ1) is 9.16. The highest BCUT2D eigenvalue weighted by atomic mass is 16.5. The van der Waals surface area contributed by atoms with Crippen molar-refractivity contribution in [2.45, 2.75) is 56.8 Å². The molecule has 19 heavy (non-hydrogen) atoms. The lowest BCUT2D eigenvalue weighted by Crippen LogP contribution is -2.48. The Morgan fingerprint density at radius 2 is 2.11 bits per heavy atom. The van der Waals surface area contributed by atoms with Gasteiger partial charge in [0.1, 0.15) is 0 Å². The number of carbonyl (C=O) groups excluding carboxylic acids is 1. The second kappa shape index (κ2) is 7.22. The fourth-order valence-electron chi connectivity index (χ4n) is 3.04. The quantitative estimate of drug-likeness (QED) is 0.764. The van der Waals surface area contributed by atoms with E-state index in [4.69, 9.17) is 4.74 Å². The van der Waals surface area contributed by atoms with E-state index in [1.807, 2.05) is 11.9 Å². The van der Waals surface area contributed by atoms with Gasteiger partial charge in [-0.05, 0) is 32.7 Å². The van der Waals surface area contributed by atoms with E-state index in [2.05, 4.69) is 5.32 Å². The molecule has 110 valence electrons. The number of rotatable bonds is 5. The predicted octanol–water partition coefficient (Wildman–Crippen LogP) is 0.517. The van der Waals surface area contributed by atoms with Gasteiger partial charge in [-0.15, -0.1) is 0 Å². The first-order valence-electron chi connectivity index (χ1n) is 7.43. The van der Waals surface area contributed by atoms with Gasteiger partial charge in [0.25, 0.3) is 0 Å². The minimum absolute atomic E-state index is 0.0239. The third-order valence-electron chi connectivity index (χ3n) is 4.20. The molecule has 0 aromatic rings. The molecular weight excluding hydrogens is 244 g/mol. The van der Waals surface area contributed by atoms with Crippen LogP contribution in [-0.2, 0) is 9.53 Å². The van der Waals surface area contributed by atoms with E-state index in [-0.39, 0.29) is 24.2 Å². The van der Waals surface area contributed by atoms with Crippen molar-refractivity contribution in [1.29, 1.82) is 0 Å². The summed E-state index contributed by atoms with van der Waals surface area (Å²) in [4.78, 5) is 13.9. The van der Waals surface area contributed by atoms with Crippen LogP contribution in [0.4, 0.5) is 0 Å². The number of hydrogen-bond acceptors (Lipinski definition) is 4. The van der Waals surface area contributed by atoms with Crippen LogP contribution >= 0.6 is 0 Å². The molecule has 1 saturated heterocycles. The molecule has 0 spiro atoms. The van der Waals surface area contributed by atoms with Crippen LogP contribution in [0.25, 0.3) is 0 Å². The molecule has 0 aromatic heterocycles. The van der Waals surface area contributed by atoms with Crippen LogP contribution in [0.5, 0.6) is 0 Å². The lowest BCUT2D eigenvalue weighted by Gasteiger charge is -2.34. The van der Waals surface area contributed by atoms with Crippen LogP contribution in [0.1, 0.15) is 38.5 Å². The number of hydrogen-bond donors (Lipinski definition) is 2. The SMILES string of the molecule is CN(CC(=O)NCC1CCCO1)C1CCCCC1O. The Labute approximate surface area is 115 Å². The number of aliphatic hydroxyl groups is 1. The first-order valence-corrected chi connectivity index (χ1v) is 7.43. The van der Waals surface area contributed by atoms with E-state index in [0.29, 0.717) is 13.1 Å². The highest BCUT2D eigenvalue weighted by Crippen LogP contribution is 2.22. The Kier molecular flexibility index (Phi) is 5.60. The second-order valence-corrected chi connectivity index (χ2v) is 5.77. The molecule has 0 bridgehead atoms. The number of nitrogens with one attached hydrogen (secondary N) is 1. The normalized spacial score (nSPS) is 31.6. The molecule has 2 N–H and O–H groups in total.